The van der Waals surface area contributed by atoms with E-state index in [9.17, 15) is 13.9 Å². The first-order valence-electron chi connectivity index (χ1n) is 3.62. The number of halogens is 2. The number of nitrogens with zero attached hydrogens (tertiary/aromatic N) is 1. The average molecular weight is 181 g/mol. The summed E-state index contributed by atoms with van der Waals surface area (Å²) in [5.74, 6) is -2.36. The molecular formula is C9H5F2NO. The highest BCUT2D eigenvalue weighted by Gasteiger charge is 2.10. The summed E-state index contributed by atoms with van der Waals surface area (Å²) in [5, 5.41) is 9.05. The van der Waals surface area contributed by atoms with Crippen molar-refractivity contribution in [1.29, 1.82) is 0 Å². The SMILES string of the molecule is Oc1ccnc2ccc(F)c(F)c12. The third-order valence-electron chi connectivity index (χ3n) is 1.78. The molecule has 0 aliphatic rings. The van der Waals surface area contributed by atoms with Crippen molar-refractivity contribution in [2.45, 2.75) is 0 Å². The zero-order chi connectivity index (χ0) is 9.42. The molecule has 2 rings (SSSR count). The number of benzene rings is 1. The Bertz CT molecular complexity index is 470. The van der Waals surface area contributed by atoms with Crippen LogP contribution < -0.4 is 0 Å². The molecule has 0 saturated heterocycles. The summed E-state index contributed by atoms with van der Waals surface area (Å²) >= 11 is 0. The van der Waals surface area contributed by atoms with Gasteiger partial charge in [-0.2, -0.15) is 0 Å². The van der Waals surface area contributed by atoms with Gasteiger partial charge in [-0.15, -0.1) is 0 Å². The van der Waals surface area contributed by atoms with Crippen molar-refractivity contribution in [3.05, 3.63) is 36.0 Å². The minimum Gasteiger partial charge on any atom is -0.507 e. The van der Waals surface area contributed by atoms with Crippen molar-refractivity contribution >= 4 is 10.9 Å². The zero-order valence-electron chi connectivity index (χ0n) is 6.46. The van der Waals surface area contributed by atoms with Crippen LogP contribution in [-0.4, -0.2) is 10.1 Å². The molecule has 66 valence electrons. The number of aromatic nitrogens is 1. The second-order valence-corrected chi connectivity index (χ2v) is 2.59. The monoisotopic (exact) mass is 181 g/mol. The maximum absolute atomic E-state index is 13.1. The molecule has 0 atom stereocenters. The molecule has 0 radical (unpaired) electrons. The van der Waals surface area contributed by atoms with Gasteiger partial charge in [-0.3, -0.25) is 4.98 Å². The Balaban J connectivity index is 2.97. The zero-order valence-corrected chi connectivity index (χ0v) is 6.46. The van der Waals surface area contributed by atoms with Crippen LogP contribution in [0.25, 0.3) is 10.9 Å². The minimum absolute atomic E-state index is 0.178. The fourth-order valence-electron chi connectivity index (χ4n) is 1.16. The molecule has 1 N–H and O–H groups in total. The Morgan fingerprint density at radius 3 is 2.69 bits per heavy atom. The van der Waals surface area contributed by atoms with Gasteiger partial charge in [0.25, 0.3) is 0 Å². The van der Waals surface area contributed by atoms with E-state index in [1.165, 1.54) is 18.3 Å². The molecule has 0 bridgehead atoms. The molecule has 2 aromatic rings. The fourth-order valence-corrected chi connectivity index (χ4v) is 1.16. The van der Waals surface area contributed by atoms with Gasteiger partial charge >= 0.3 is 0 Å². The lowest BCUT2D eigenvalue weighted by Gasteiger charge is -2.01. The van der Waals surface area contributed by atoms with Gasteiger partial charge in [0.1, 0.15) is 5.75 Å². The van der Waals surface area contributed by atoms with Gasteiger partial charge in [-0.1, -0.05) is 0 Å². The van der Waals surface area contributed by atoms with Crippen LogP contribution in [0.3, 0.4) is 0 Å². The third kappa shape index (κ3) is 1.11. The van der Waals surface area contributed by atoms with E-state index < -0.39 is 11.6 Å². The maximum Gasteiger partial charge on any atom is 0.171 e. The van der Waals surface area contributed by atoms with E-state index in [4.69, 9.17) is 0 Å². The van der Waals surface area contributed by atoms with Crippen molar-refractivity contribution in [1.82, 2.24) is 4.98 Å². The first-order chi connectivity index (χ1) is 6.20. The van der Waals surface area contributed by atoms with E-state index in [0.717, 1.165) is 6.07 Å². The summed E-state index contributed by atoms with van der Waals surface area (Å²) in [6.45, 7) is 0. The first-order valence-corrected chi connectivity index (χ1v) is 3.62. The molecule has 0 spiro atoms. The standard InChI is InChI=1S/C9H5F2NO/c10-5-1-2-6-8(9(5)11)7(13)3-4-12-6/h1-4H,(H,12,13). The number of aromatic hydroxyl groups is 1. The van der Waals surface area contributed by atoms with Crippen LogP contribution in [-0.2, 0) is 0 Å². The number of pyridine rings is 1. The van der Waals surface area contributed by atoms with Gasteiger partial charge in [0.05, 0.1) is 10.9 Å². The molecule has 0 fully saturated rings. The van der Waals surface area contributed by atoms with Crippen LogP contribution in [0.2, 0.25) is 0 Å². The van der Waals surface area contributed by atoms with Crippen molar-refractivity contribution in [2.24, 2.45) is 0 Å². The van der Waals surface area contributed by atoms with Gasteiger partial charge < -0.3 is 5.11 Å². The third-order valence-corrected chi connectivity index (χ3v) is 1.78. The van der Waals surface area contributed by atoms with Gasteiger partial charge in [0.2, 0.25) is 0 Å². The van der Waals surface area contributed by atoms with E-state index in [0.29, 0.717) is 0 Å². The molecule has 1 heterocycles. The smallest absolute Gasteiger partial charge is 0.171 e. The Morgan fingerprint density at radius 1 is 1.15 bits per heavy atom. The molecule has 0 aliphatic carbocycles. The molecular weight excluding hydrogens is 176 g/mol. The summed E-state index contributed by atoms with van der Waals surface area (Å²) < 4.78 is 25.8. The maximum atomic E-state index is 13.1. The highest BCUT2D eigenvalue weighted by atomic mass is 19.2. The minimum atomic E-state index is -1.07. The highest BCUT2D eigenvalue weighted by molar-refractivity contribution is 5.85. The second-order valence-electron chi connectivity index (χ2n) is 2.59. The van der Waals surface area contributed by atoms with Crippen molar-refractivity contribution in [2.75, 3.05) is 0 Å². The Hall–Kier alpha value is -1.71. The fraction of sp³-hybridized carbons (Fsp3) is 0. The number of hydrogen-bond acceptors (Lipinski definition) is 2. The number of rotatable bonds is 0. The van der Waals surface area contributed by atoms with Crippen LogP contribution in [0.5, 0.6) is 5.75 Å². The van der Waals surface area contributed by atoms with Gasteiger partial charge in [-0.05, 0) is 18.2 Å². The van der Waals surface area contributed by atoms with E-state index in [1.54, 1.807) is 0 Å². The lowest BCUT2D eigenvalue weighted by Crippen LogP contribution is -1.88. The Kier molecular flexibility index (Phi) is 1.62. The van der Waals surface area contributed by atoms with E-state index >= 15 is 0 Å². The first kappa shape index (κ1) is 7.91. The molecule has 2 nitrogen and oxygen atoms in total. The van der Waals surface area contributed by atoms with Crippen molar-refractivity contribution in [3.63, 3.8) is 0 Å². The lowest BCUT2D eigenvalue weighted by molar-refractivity contribution is 0.471. The molecule has 0 unspecified atom stereocenters. The highest BCUT2D eigenvalue weighted by Crippen LogP contribution is 2.26. The Labute approximate surface area is 72.5 Å². The second kappa shape index (κ2) is 2.65. The van der Waals surface area contributed by atoms with E-state index in [-0.39, 0.29) is 16.7 Å². The average Bonchev–Trinajstić information content (AvgIpc) is 2.12. The molecule has 4 heteroatoms. The van der Waals surface area contributed by atoms with Gasteiger partial charge in [-0.25, -0.2) is 8.78 Å². The number of hydrogen-bond donors (Lipinski definition) is 1. The van der Waals surface area contributed by atoms with Crippen LogP contribution in [0.15, 0.2) is 24.4 Å². The molecule has 0 amide bonds. The summed E-state index contributed by atoms with van der Waals surface area (Å²) in [7, 11) is 0. The van der Waals surface area contributed by atoms with Gasteiger partial charge in [0.15, 0.2) is 11.6 Å². The molecule has 0 aliphatic heterocycles. The topological polar surface area (TPSA) is 33.1 Å². The summed E-state index contributed by atoms with van der Waals surface area (Å²) in [4.78, 5) is 3.78. The van der Waals surface area contributed by atoms with Crippen molar-refractivity contribution in [3.8, 4) is 5.75 Å². The predicted molar refractivity (Wildman–Crippen MR) is 43.3 cm³/mol. The lowest BCUT2D eigenvalue weighted by atomic mass is 10.2. The van der Waals surface area contributed by atoms with Crippen molar-refractivity contribution < 1.29 is 13.9 Å². The summed E-state index contributed by atoms with van der Waals surface area (Å²) in [5.41, 5.74) is 0.235. The molecule has 1 aromatic heterocycles. The molecule has 1 aromatic carbocycles. The van der Waals surface area contributed by atoms with Crippen LogP contribution in [0.4, 0.5) is 8.78 Å². The van der Waals surface area contributed by atoms with E-state index in [2.05, 4.69) is 4.98 Å². The largest absolute Gasteiger partial charge is 0.507 e. The molecule has 13 heavy (non-hydrogen) atoms. The number of fused-ring (bicyclic) bond motifs is 1. The quantitative estimate of drug-likeness (QED) is 0.675. The summed E-state index contributed by atoms with van der Waals surface area (Å²) in [6, 6.07) is 3.50. The van der Waals surface area contributed by atoms with Crippen LogP contribution in [0.1, 0.15) is 0 Å². The van der Waals surface area contributed by atoms with E-state index in [1.807, 2.05) is 0 Å². The van der Waals surface area contributed by atoms with Gasteiger partial charge in [0, 0.05) is 6.20 Å². The normalized spacial score (nSPS) is 10.6. The Morgan fingerprint density at radius 2 is 1.92 bits per heavy atom. The predicted octanol–water partition coefficient (Wildman–Crippen LogP) is 2.22. The summed E-state index contributed by atoms with van der Waals surface area (Å²) in [6.07, 6.45) is 1.33. The molecule has 0 saturated carbocycles. The van der Waals surface area contributed by atoms with Crippen LogP contribution in [0, 0.1) is 11.6 Å². The van der Waals surface area contributed by atoms with Crippen LogP contribution >= 0.6 is 0 Å².